The molecule has 2 aliphatic rings. The summed E-state index contributed by atoms with van der Waals surface area (Å²) in [5.41, 5.74) is 1.64. The number of urea groups is 1. The number of rotatable bonds is 4. The Balaban J connectivity index is 1.73. The second-order valence-electron chi connectivity index (χ2n) is 6.69. The topological polar surface area (TPSA) is 87.7 Å². The van der Waals surface area contributed by atoms with Crippen molar-refractivity contribution in [3.63, 3.8) is 0 Å². The monoisotopic (exact) mass is 353 g/mol. The van der Waals surface area contributed by atoms with Crippen LogP contribution in [0.3, 0.4) is 0 Å². The Kier molecular flexibility index (Phi) is 4.44. The fraction of sp³-hybridized carbons (Fsp3) is 0.562. The third-order valence-corrected chi connectivity index (χ3v) is 5.44. The summed E-state index contributed by atoms with van der Waals surface area (Å²) in [6, 6.07) is 5.07. The Morgan fingerprint density at radius 2 is 2.08 bits per heavy atom. The number of hydrogen-bond acceptors (Lipinski definition) is 4. The number of hydrogen-bond donors (Lipinski definition) is 2. The summed E-state index contributed by atoms with van der Waals surface area (Å²) in [5, 5.41) is 2.90. The van der Waals surface area contributed by atoms with Gasteiger partial charge in [0, 0.05) is 12.6 Å². The second kappa shape index (κ2) is 6.25. The Morgan fingerprint density at radius 3 is 2.71 bits per heavy atom. The second-order valence-corrected chi connectivity index (χ2v) is 8.47. The van der Waals surface area contributed by atoms with Gasteiger partial charge in [0.25, 0.3) is 0 Å². The number of piperidine rings is 1. The van der Waals surface area contributed by atoms with Gasteiger partial charge < -0.3 is 15.0 Å². The number of nitrogens with one attached hydrogen (secondary N) is 2. The van der Waals surface area contributed by atoms with Crippen LogP contribution in [0, 0.1) is 12.8 Å². The van der Waals surface area contributed by atoms with Gasteiger partial charge in [-0.25, -0.2) is 17.9 Å². The van der Waals surface area contributed by atoms with Crippen LogP contribution in [-0.4, -0.2) is 51.3 Å². The molecule has 1 aromatic rings. The number of carbonyl (C=O) groups is 1. The predicted octanol–water partition coefficient (Wildman–Crippen LogP) is 1.55. The van der Waals surface area contributed by atoms with E-state index in [2.05, 4.69) is 10.0 Å². The van der Waals surface area contributed by atoms with Crippen LogP contribution in [0.25, 0.3) is 0 Å². The number of carbonyl (C=O) groups excluding carboxylic acids is 1. The van der Waals surface area contributed by atoms with E-state index in [0.717, 1.165) is 24.7 Å². The lowest BCUT2D eigenvalue weighted by Crippen LogP contribution is -2.52. The highest BCUT2D eigenvalue weighted by molar-refractivity contribution is 7.88. The van der Waals surface area contributed by atoms with E-state index in [1.165, 1.54) is 0 Å². The zero-order valence-corrected chi connectivity index (χ0v) is 14.9. The van der Waals surface area contributed by atoms with Gasteiger partial charge in [0.05, 0.1) is 25.1 Å². The number of sulfonamides is 1. The molecule has 24 heavy (non-hydrogen) atoms. The lowest BCUT2D eigenvalue weighted by Gasteiger charge is -2.33. The molecule has 1 saturated heterocycles. The number of methoxy groups -OCH3 is 1. The maximum Gasteiger partial charge on any atom is 0.322 e. The number of amides is 2. The molecular formula is C16H23N3O4S. The normalized spacial score (nSPS) is 25.8. The molecule has 3 unspecified atom stereocenters. The van der Waals surface area contributed by atoms with Crippen molar-refractivity contribution in [2.75, 3.05) is 25.2 Å². The Morgan fingerprint density at radius 1 is 1.33 bits per heavy atom. The lowest BCUT2D eigenvalue weighted by atomic mass is 10.1. The molecule has 2 N–H and O–H groups in total. The predicted molar refractivity (Wildman–Crippen MR) is 91.7 cm³/mol. The fourth-order valence-electron chi connectivity index (χ4n) is 3.77. The highest BCUT2D eigenvalue weighted by atomic mass is 32.2. The SMILES string of the molecule is COc1ccc(C)cc1NC(=O)N1CC2CC(NS(C)(=O)=O)C1C2. The van der Waals surface area contributed by atoms with Gasteiger partial charge >= 0.3 is 6.03 Å². The summed E-state index contributed by atoms with van der Waals surface area (Å²) in [4.78, 5) is 14.4. The molecule has 1 aliphatic carbocycles. The van der Waals surface area contributed by atoms with E-state index in [0.29, 0.717) is 23.9 Å². The zero-order chi connectivity index (χ0) is 17.5. The molecule has 132 valence electrons. The van der Waals surface area contributed by atoms with Gasteiger partial charge in [-0.3, -0.25) is 0 Å². The largest absolute Gasteiger partial charge is 0.495 e. The summed E-state index contributed by atoms with van der Waals surface area (Å²) in [7, 11) is -1.72. The fourth-order valence-corrected chi connectivity index (χ4v) is 4.57. The van der Waals surface area contributed by atoms with Gasteiger partial charge in [0.2, 0.25) is 10.0 Å². The van der Waals surface area contributed by atoms with Crippen LogP contribution in [0.2, 0.25) is 0 Å². The number of ether oxygens (including phenoxy) is 1. The molecule has 0 spiro atoms. The molecule has 3 rings (SSSR count). The van der Waals surface area contributed by atoms with E-state index in [9.17, 15) is 13.2 Å². The number of benzene rings is 1. The van der Waals surface area contributed by atoms with Crippen LogP contribution >= 0.6 is 0 Å². The van der Waals surface area contributed by atoms with Crippen LogP contribution in [-0.2, 0) is 10.0 Å². The summed E-state index contributed by atoms with van der Waals surface area (Å²) in [6.07, 6.45) is 2.78. The first-order valence-electron chi connectivity index (χ1n) is 7.96. The summed E-state index contributed by atoms with van der Waals surface area (Å²) < 4.78 is 31.0. The van der Waals surface area contributed by atoms with E-state index in [1.54, 1.807) is 12.0 Å². The van der Waals surface area contributed by atoms with Crippen molar-refractivity contribution >= 4 is 21.7 Å². The smallest absolute Gasteiger partial charge is 0.322 e. The standard InChI is InChI=1S/C16H23N3O4S/c1-10-4-5-15(23-2)13(6-10)17-16(20)19-9-11-7-12(14(19)8-11)18-24(3,21)22/h4-6,11-12,14,18H,7-9H2,1-3H3,(H,17,20). The van der Waals surface area contributed by atoms with Crippen molar-refractivity contribution in [2.45, 2.75) is 31.8 Å². The molecule has 2 bridgehead atoms. The average molecular weight is 353 g/mol. The number of likely N-dealkylation sites (tertiary alicyclic amines) is 1. The Bertz CT molecular complexity index is 750. The third kappa shape index (κ3) is 3.49. The van der Waals surface area contributed by atoms with Crippen molar-refractivity contribution in [3.8, 4) is 5.75 Å². The third-order valence-electron chi connectivity index (χ3n) is 4.70. The molecule has 1 saturated carbocycles. The van der Waals surface area contributed by atoms with E-state index >= 15 is 0 Å². The molecular weight excluding hydrogens is 330 g/mol. The summed E-state index contributed by atoms with van der Waals surface area (Å²) in [6.45, 7) is 2.60. The molecule has 2 fully saturated rings. The maximum atomic E-state index is 12.7. The number of aryl methyl sites for hydroxylation is 1. The van der Waals surface area contributed by atoms with Gasteiger partial charge in [0.1, 0.15) is 5.75 Å². The van der Waals surface area contributed by atoms with Crippen LogP contribution in [0.5, 0.6) is 5.75 Å². The molecule has 1 aromatic carbocycles. The molecule has 8 heteroatoms. The van der Waals surface area contributed by atoms with Gasteiger partial charge in [-0.15, -0.1) is 0 Å². The van der Waals surface area contributed by atoms with Crippen molar-refractivity contribution in [1.82, 2.24) is 9.62 Å². The molecule has 3 atom stereocenters. The lowest BCUT2D eigenvalue weighted by molar-refractivity contribution is 0.183. The first-order chi connectivity index (χ1) is 11.3. The first-order valence-corrected chi connectivity index (χ1v) is 9.85. The summed E-state index contributed by atoms with van der Waals surface area (Å²) >= 11 is 0. The van der Waals surface area contributed by atoms with Crippen molar-refractivity contribution in [1.29, 1.82) is 0 Å². The van der Waals surface area contributed by atoms with E-state index in [4.69, 9.17) is 4.74 Å². The van der Waals surface area contributed by atoms with E-state index in [1.807, 2.05) is 25.1 Å². The van der Waals surface area contributed by atoms with Crippen molar-refractivity contribution < 1.29 is 17.9 Å². The molecule has 0 radical (unpaired) electrons. The zero-order valence-electron chi connectivity index (χ0n) is 14.1. The minimum absolute atomic E-state index is 0.0967. The minimum atomic E-state index is -3.28. The average Bonchev–Trinajstić information content (AvgIpc) is 3.05. The van der Waals surface area contributed by atoms with E-state index < -0.39 is 10.0 Å². The number of nitrogens with zero attached hydrogens (tertiary/aromatic N) is 1. The summed E-state index contributed by atoms with van der Waals surface area (Å²) in [5.74, 6) is 0.948. The highest BCUT2D eigenvalue weighted by Gasteiger charge is 2.47. The van der Waals surface area contributed by atoms with Crippen molar-refractivity contribution in [3.05, 3.63) is 23.8 Å². The molecule has 7 nitrogen and oxygen atoms in total. The molecule has 1 heterocycles. The molecule has 0 aromatic heterocycles. The van der Waals surface area contributed by atoms with Crippen LogP contribution in [0.4, 0.5) is 10.5 Å². The first kappa shape index (κ1) is 17.0. The number of fused-ring (bicyclic) bond motifs is 2. The quantitative estimate of drug-likeness (QED) is 0.860. The number of anilines is 1. The minimum Gasteiger partial charge on any atom is -0.495 e. The molecule has 1 aliphatic heterocycles. The van der Waals surface area contributed by atoms with Crippen LogP contribution in [0.1, 0.15) is 18.4 Å². The van der Waals surface area contributed by atoms with E-state index in [-0.39, 0.29) is 18.1 Å². The van der Waals surface area contributed by atoms with Crippen LogP contribution in [0.15, 0.2) is 18.2 Å². The van der Waals surface area contributed by atoms with Crippen molar-refractivity contribution in [2.24, 2.45) is 5.92 Å². The van der Waals surface area contributed by atoms with Gasteiger partial charge in [-0.1, -0.05) is 6.07 Å². The highest BCUT2D eigenvalue weighted by Crippen LogP contribution is 2.38. The Labute approximate surface area is 142 Å². The Hall–Kier alpha value is -1.80. The maximum absolute atomic E-state index is 12.7. The van der Waals surface area contributed by atoms with Crippen LogP contribution < -0.4 is 14.8 Å². The van der Waals surface area contributed by atoms with Gasteiger partial charge in [-0.2, -0.15) is 0 Å². The molecule has 2 amide bonds. The van der Waals surface area contributed by atoms with Gasteiger partial charge in [0.15, 0.2) is 0 Å². The van der Waals surface area contributed by atoms with Gasteiger partial charge in [-0.05, 0) is 43.4 Å².